The van der Waals surface area contributed by atoms with Crippen molar-refractivity contribution in [2.75, 3.05) is 104 Å². The number of carbonyl (C=O) groups is 6. The van der Waals surface area contributed by atoms with E-state index < -0.39 is 112 Å². The second-order valence-corrected chi connectivity index (χ2v) is 29.3. The zero-order chi connectivity index (χ0) is 63.4. The first kappa shape index (κ1) is 69.2. The van der Waals surface area contributed by atoms with Gasteiger partial charge < -0.3 is 89.0 Å². The zero-order valence-corrected chi connectivity index (χ0v) is 53.1. The summed E-state index contributed by atoms with van der Waals surface area (Å²) in [6.45, 7) is -4.03. The number of ether oxygens (including phenoxy) is 6. The number of likely N-dealkylation sites (N-methyl/N-ethyl adjacent to an activating group) is 3. The number of hydrogen-bond acceptors (Lipinski definition) is 29. The lowest BCUT2D eigenvalue weighted by molar-refractivity contribution is -0.140. The molecule has 2 bridgehead atoms. The number of aliphatic hydroxyl groups excluding tert-OH is 1. The van der Waals surface area contributed by atoms with Gasteiger partial charge in [0, 0.05) is 63.6 Å². The second-order valence-electron chi connectivity index (χ2n) is 20.6. The molecule has 0 aromatic carbocycles. The molecule has 40 heteroatoms. The van der Waals surface area contributed by atoms with Gasteiger partial charge in [-0.1, -0.05) is 28.5 Å². The average molecular weight is 1340 g/mol. The summed E-state index contributed by atoms with van der Waals surface area (Å²) in [6.07, 6.45) is -8.09. The summed E-state index contributed by atoms with van der Waals surface area (Å²) in [5, 5.41) is 22.9. The van der Waals surface area contributed by atoms with Crippen LogP contribution in [0.5, 0.6) is 0 Å². The molecule has 3 saturated heterocycles. The molecule has 0 radical (unpaired) electrons. The van der Waals surface area contributed by atoms with Crippen molar-refractivity contribution >= 4 is 129 Å². The molecule has 4 amide bonds. The highest BCUT2D eigenvalue weighted by Gasteiger charge is 2.54. The number of anilines is 2. The highest BCUT2D eigenvalue weighted by Crippen LogP contribution is 2.54. The monoisotopic (exact) mass is 1340 g/mol. The number of hydrogen-bond donors (Lipinski definition) is 7. The van der Waals surface area contributed by atoms with Crippen LogP contribution in [0.3, 0.4) is 0 Å². The number of carboxylic acid groups (broad SMARTS) is 1. The molecular weight excluding hydrogens is 1270 g/mol. The van der Waals surface area contributed by atoms with Gasteiger partial charge >= 0.3 is 31.7 Å². The number of rotatable bonds is 26. The number of nitrogens with zero attached hydrogens (tertiary/aromatic N) is 11. The zero-order valence-electron chi connectivity index (χ0n) is 48.0. The molecule has 4 aromatic rings. The van der Waals surface area contributed by atoms with E-state index in [0.717, 1.165) is 6.33 Å². The number of aromatic nitrogens is 8. The molecule has 0 aliphatic carbocycles. The Kier molecular flexibility index (Phi) is 24.6. The molecule has 87 heavy (non-hydrogen) atoms. The van der Waals surface area contributed by atoms with E-state index in [0.29, 0.717) is 25.3 Å². The lowest BCUT2D eigenvalue weighted by Gasteiger charge is -2.29. The first-order valence-electron chi connectivity index (χ1n) is 26.9. The highest BCUT2D eigenvalue weighted by molar-refractivity contribution is 8.77. The Balaban J connectivity index is 0.853. The molecular formula is C47H70N14O20P2S4. The predicted molar refractivity (Wildman–Crippen MR) is 317 cm³/mol. The van der Waals surface area contributed by atoms with Crippen LogP contribution in [-0.4, -0.2) is 244 Å². The smallest absolute Gasteiger partial charge is 0.481 e. The number of aliphatic carboxylic acids is 1. The van der Waals surface area contributed by atoms with Crippen LogP contribution in [-0.2, 0) is 89.3 Å². The fourth-order valence-corrected chi connectivity index (χ4v) is 14.0. The molecule has 3 aliphatic heterocycles. The minimum atomic E-state index is -4.45. The van der Waals surface area contributed by atoms with Gasteiger partial charge in [-0.2, -0.15) is 0 Å². The quantitative estimate of drug-likeness (QED) is 0.0202. The third kappa shape index (κ3) is 19.1. The van der Waals surface area contributed by atoms with E-state index >= 15 is 0 Å². The lowest BCUT2D eigenvalue weighted by Crippen LogP contribution is -2.39. The number of fused-ring (bicyclic) bond motifs is 5. The van der Waals surface area contributed by atoms with Gasteiger partial charge in [-0.3, -0.25) is 37.4 Å². The molecule has 0 spiro atoms. The van der Waals surface area contributed by atoms with Crippen LogP contribution in [0.15, 0.2) is 25.3 Å². The number of amides is 4. The Hall–Kier alpha value is -5.28. The molecule has 3 fully saturated rings. The van der Waals surface area contributed by atoms with Gasteiger partial charge in [-0.25, -0.2) is 39.5 Å². The maximum absolute atomic E-state index is 13.6. The Bertz CT molecular complexity index is 3180. The summed E-state index contributed by atoms with van der Waals surface area (Å²) < 4.78 is 60.5. The number of carboxylic acids is 1. The van der Waals surface area contributed by atoms with Crippen LogP contribution in [0.4, 0.5) is 21.2 Å². The fourth-order valence-electron chi connectivity index (χ4n) is 8.72. The van der Waals surface area contributed by atoms with E-state index in [-0.39, 0.29) is 103 Å². The number of imidazole rings is 2. The van der Waals surface area contributed by atoms with Crippen molar-refractivity contribution in [2.45, 2.75) is 100 Å². The van der Waals surface area contributed by atoms with Gasteiger partial charge in [0.25, 0.3) is 0 Å². The van der Waals surface area contributed by atoms with Crippen LogP contribution < -0.4 is 16.8 Å². The number of nitrogens with one attached hydrogen (secondary N) is 1. The number of nitrogen functional groups attached to an aromatic ring is 2. The number of carbonyl (C=O) groups excluding carboxylic acids is 5. The summed E-state index contributed by atoms with van der Waals surface area (Å²) in [7, 11) is 7.72. The number of nitrogens with two attached hydrogens (primary N) is 2. The molecule has 3 unspecified atom stereocenters. The van der Waals surface area contributed by atoms with Crippen molar-refractivity contribution in [1.29, 1.82) is 0 Å². The molecule has 3 aliphatic rings. The normalized spacial score (nSPS) is 25.3. The van der Waals surface area contributed by atoms with Crippen molar-refractivity contribution in [3.05, 3.63) is 25.3 Å². The summed E-state index contributed by atoms with van der Waals surface area (Å²) in [5.74, 6) is -1.94. The largest absolute Gasteiger partial charge is 0.508 e. The summed E-state index contributed by atoms with van der Waals surface area (Å²) in [5.41, 5.74) is 12.7. The van der Waals surface area contributed by atoms with Crippen LogP contribution in [0.1, 0.15) is 58.9 Å². The molecule has 0 saturated carbocycles. The first-order valence-corrected chi connectivity index (χ1v) is 34.4. The van der Waals surface area contributed by atoms with E-state index in [1.54, 1.807) is 19.0 Å². The average Bonchev–Trinajstić information content (AvgIpc) is 1.68. The van der Waals surface area contributed by atoms with E-state index in [1.807, 2.05) is 13.8 Å². The minimum Gasteiger partial charge on any atom is -0.481 e. The third-order valence-corrected chi connectivity index (χ3v) is 20.0. The van der Waals surface area contributed by atoms with Gasteiger partial charge in [0.1, 0.15) is 67.4 Å². The summed E-state index contributed by atoms with van der Waals surface area (Å²) in [4.78, 5) is 127. The third-order valence-electron chi connectivity index (χ3n) is 13.6. The Morgan fingerprint density at radius 1 is 0.782 bits per heavy atom. The Morgan fingerprint density at radius 2 is 1.36 bits per heavy atom. The molecule has 7 heterocycles. The Morgan fingerprint density at radius 3 is 1.98 bits per heavy atom. The SMILES string of the molecule is CC(CC(=O)O)C(=O)NCCOCCC(=O)N(C)CCN(C)C(=O)CCC(C)(C)SSCCOC(=O)N(C)CCOC(=O)O[C@@H]1[C@@H]2OP(O)(=S)OC[C@H]3O[C@@H](n4cnc5c(N)ncnc54)[C@H](OP(O)(=S)OC[C@H]2O[C@H]1n1cnc2c(N)ncnc21)[C@@H]3O. The van der Waals surface area contributed by atoms with Gasteiger partial charge in [0.15, 0.2) is 41.5 Å². The molecule has 4 aromatic heterocycles. The van der Waals surface area contributed by atoms with Crippen LogP contribution in [0.25, 0.3) is 22.3 Å². The lowest BCUT2D eigenvalue weighted by atomic mass is 10.1. The second kappa shape index (κ2) is 31.0. The highest BCUT2D eigenvalue weighted by atomic mass is 33.1. The Labute approximate surface area is 516 Å². The van der Waals surface area contributed by atoms with Crippen LogP contribution in [0, 0.1) is 5.92 Å². The van der Waals surface area contributed by atoms with Gasteiger partial charge in [-0.05, 0) is 43.9 Å². The van der Waals surface area contributed by atoms with E-state index in [1.165, 1.54) is 73.5 Å². The van der Waals surface area contributed by atoms with Gasteiger partial charge in [0.05, 0.1) is 58.5 Å². The standard InChI is InChI=1S/C47H70N14O20P2S4/c1-26(19-31(64)65)42(67)50-10-15-72-14-8-30(63)58(5)12-11-57(4)29(62)7-9-47(2,3)87-86-18-17-73-45(68)59(6)13-16-74-46(69)79-37-35-28(78-44(37)61-25-56-33-39(49)52-23-54-41(33)61)21-76-83(71,85)81-36-34(66)27(20-75-82(70,84)80-35)77-43(36)60-24-55-32-38(48)51-22-53-40(32)60/h22-28,34-37,43-44,66H,7-21H2,1-6H3,(H,50,67)(H,64,65)(H,70,84)(H,71,85)(H2,48,51,53)(H2,49,52,54)/t26?,27-,28-,34-,35-,36-,37-,43-,44-,82?,83?/m1/s1. The van der Waals surface area contributed by atoms with Gasteiger partial charge in [-0.15, -0.1) is 0 Å². The maximum Gasteiger partial charge on any atom is 0.508 e. The van der Waals surface area contributed by atoms with Gasteiger partial charge in [0.2, 0.25) is 17.7 Å². The van der Waals surface area contributed by atoms with Crippen LogP contribution in [0.2, 0.25) is 0 Å². The summed E-state index contributed by atoms with van der Waals surface area (Å²) in [6, 6.07) is 0. The number of aliphatic hydroxyl groups is 1. The molecule has 11 atom stereocenters. The van der Waals surface area contributed by atoms with Crippen molar-refractivity contribution in [1.82, 2.24) is 59.1 Å². The fraction of sp³-hybridized carbons (Fsp3) is 0.660. The van der Waals surface area contributed by atoms with Crippen molar-refractivity contribution < 1.29 is 95.3 Å². The van der Waals surface area contributed by atoms with E-state index in [2.05, 4.69) is 35.2 Å². The predicted octanol–water partition coefficient (Wildman–Crippen LogP) is 1.32. The maximum atomic E-state index is 13.6. The molecule has 34 nitrogen and oxygen atoms in total. The van der Waals surface area contributed by atoms with E-state index in [9.17, 15) is 43.7 Å². The molecule has 482 valence electrons. The summed E-state index contributed by atoms with van der Waals surface area (Å²) >= 11 is 10.9. The van der Waals surface area contributed by atoms with Crippen molar-refractivity contribution in [2.24, 2.45) is 5.92 Å². The van der Waals surface area contributed by atoms with Crippen molar-refractivity contribution in [3.63, 3.8) is 0 Å². The first-order chi connectivity index (χ1) is 41.1. The van der Waals surface area contributed by atoms with Crippen molar-refractivity contribution in [3.8, 4) is 0 Å². The molecule has 7 rings (SSSR count). The minimum absolute atomic E-state index is 0.00285. The molecule has 9 N–H and O–H groups in total. The van der Waals surface area contributed by atoms with Crippen LogP contribution >= 0.6 is 35.0 Å². The van der Waals surface area contributed by atoms with E-state index in [4.69, 9.17) is 86.7 Å². The topological polar surface area (TPSA) is 437 Å².